The van der Waals surface area contributed by atoms with Gasteiger partial charge in [0.15, 0.2) is 15.3 Å². The standard InChI is InChI=1S/C13H25NO3S/c1-12(15)18(16,17)11-7-3-6-10-14-13-8-4-2-5-9-13/h12,15H,2-11H2,1H3. The summed E-state index contributed by atoms with van der Waals surface area (Å²) in [6.45, 7) is 2.13. The molecule has 1 aliphatic carbocycles. The van der Waals surface area contributed by atoms with Crippen LogP contribution in [0.2, 0.25) is 0 Å². The lowest BCUT2D eigenvalue weighted by Gasteiger charge is -2.12. The molecule has 0 aromatic carbocycles. The van der Waals surface area contributed by atoms with Crippen LogP contribution in [0.3, 0.4) is 0 Å². The van der Waals surface area contributed by atoms with E-state index in [1.165, 1.54) is 31.9 Å². The molecule has 0 radical (unpaired) electrons. The van der Waals surface area contributed by atoms with Crippen LogP contribution in [0, 0.1) is 0 Å². The van der Waals surface area contributed by atoms with Crippen LogP contribution >= 0.6 is 0 Å². The van der Waals surface area contributed by atoms with E-state index in [2.05, 4.69) is 4.99 Å². The Bertz CT molecular complexity index is 352. The van der Waals surface area contributed by atoms with Gasteiger partial charge < -0.3 is 5.11 Å². The fourth-order valence-corrected chi connectivity index (χ4v) is 3.07. The van der Waals surface area contributed by atoms with Crippen molar-refractivity contribution in [3.05, 3.63) is 0 Å². The van der Waals surface area contributed by atoms with E-state index < -0.39 is 15.3 Å². The van der Waals surface area contributed by atoms with Crippen LogP contribution in [-0.4, -0.2) is 37.0 Å². The zero-order valence-electron chi connectivity index (χ0n) is 11.3. The van der Waals surface area contributed by atoms with Crippen molar-refractivity contribution in [1.29, 1.82) is 0 Å². The van der Waals surface area contributed by atoms with Gasteiger partial charge in [-0.25, -0.2) is 8.42 Å². The van der Waals surface area contributed by atoms with Crippen molar-refractivity contribution in [1.82, 2.24) is 0 Å². The summed E-state index contributed by atoms with van der Waals surface area (Å²) in [6, 6.07) is 0. The van der Waals surface area contributed by atoms with Gasteiger partial charge in [-0.1, -0.05) is 12.8 Å². The molecule has 1 aliphatic rings. The minimum absolute atomic E-state index is 0.0846. The lowest BCUT2D eigenvalue weighted by Crippen LogP contribution is -2.20. The van der Waals surface area contributed by atoms with Crippen LogP contribution in [0.4, 0.5) is 0 Å². The second kappa shape index (κ2) is 7.89. The van der Waals surface area contributed by atoms with Crippen LogP contribution in [-0.2, 0) is 9.84 Å². The molecule has 0 amide bonds. The van der Waals surface area contributed by atoms with Crippen molar-refractivity contribution in [2.24, 2.45) is 4.99 Å². The molecule has 106 valence electrons. The Morgan fingerprint density at radius 3 is 2.44 bits per heavy atom. The lowest BCUT2D eigenvalue weighted by molar-refractivity contribution is 0.268. The molecule has 18 heavy (non-hydrogen) atoms. The highest BCUT2D eigenvalue weighted by Crippen LogP contribution is 2.15. The van der Waals surface area contributed by atoms with Crippen molar-refractivity contribution in [3.8, 4) is 0 Å². The average molecular weight is 275 g/mol. The first-order valence-electron chi connectivity index (χ1n) is 6.94. The van der Waals surface area contributed by atoms with Crippen molar-refractivity contribution >= 4 is 15.5 Å². The second-order valence-corrected chi connectivity index (χ2v) is 7.45. The van der Waals surface area contributed by atoms with Gasteiger partial charge in [0.2, 0.25) is 0 Å². The number of aliphatic hydroxyl groups excluding tert-OH is 1. The summed E-state index contributed by atoms with van der Waals surface area (Å²) in [6.07, 6.45) is 8.60. The maximum Gasteiger partial charge on any atom is 0.176 e. The van der Waals surface area contributed by atoms with Gasteiger partial charge in [0.25, 0.3) is 0 Å². The summed E-state index contributed by atoms with van der Waals surface area (Å²) in [4.78, 5) is 4.57. The van der Waals surface area contributed by atoms with E-state index in [1.807, 2.05) is 0 Å². The van der Waals surface area contributed by atoms with Gasteiger partial charge in [0.05, 0.1) is 5.75 Å². The van der Waals surface area contributed by atoms with Crippen LogP contribution in [0.1, 0.15) is 58.3 Å². The molecule has 1 fully saturated rings. The first kappa shape index (κ1) is 15.6. The topological polar surface area (TPSA) is 66.7 Å². The molecular weight excluding hydrogens is 250 g/mol. The van der Waals surface area contributed by atoms with E-state index in [4.69, 9.17) is 5.11 Å². The molecule has 0 bridgehead atoms. The van der Waals surface area contributed by atoms with E-state index in [0.29, 0.717) is 6.42 Å². The summed E-state index contributed by atoms with van der Waals surface area (Å²) in [5.41, 5.74) is 0.109. The third-order valence-electron chi connectivity index (χ3n) is 3.37. The maximum absolute atomic E-state index is 11.3. The highest BCUT2D eigenvalue weighted by molar-refractivity contribution is 7.91. The van der Waals surface area contributed by atoms with Gasteiger partial charge in [0.1, 0.15) is 0 Å². The minimum Gasteiger partial charge on any atom is -0.377 e. The second-order valence-electron chi connectivity index (χ2n) is 5.04. The number of aliphatic hydroxyl groups is 1. The summed E-state index contributed by atoms with van der Waals surface area (Å²) in [5.74, 6) is 0.0846. The Morgan fingerprint density at radius 1 is 1.17 bits per heavy atom. The SMILES string of the molecule is CC(O)S(=O)(=O)CCCCCN=C1CCCCC1. The molecule has 1 unspecified atom stereocenters. The first-order valence-corrected chi connectivity index (χ1v) is 8.66. The Balaban J connectivity index is 2.08. The predicted octanol–water partition coefficient (Wildman–Crippen LogP) is 2.31. The third kappa shape index (κ3) is 5.96. The van der Waals surface area contributed by atoms with E-state index in [0.717, 1.165) is 32.2 Å². The zero-order chi connectivity index (χ0) is 13.4. The average Bonchev–Trinajstić information content (AvgIpc) is 2.34. The van der Waals surface area contributed by atoms with Crippen LogP contribution in [0.5, 0.6) is 0 Å². The van der Waals surface area contributed by atoms with Crippen LogP contribution < -0.4 is 0 Å². The third-order valence-corrected chi connectivity index (χ3v) is 5.27. The van der Waals surface area contributed by atoms with Crippen molar-refractivity contribution < 1.29 is 13.5 Å². The number of rotatable bonds is 7. The monoisotopic (exact) mass is 275 g/mol. The highest BCUT2D eigenvalue weighted by atomic mass is 32.2. The molecule has 0 saturated heterocycles. The smallest absolute Gasteiger partial charge is 0.176 e. The van der Waals surface area contributed by atoms with Gasteiger partial charge in [0, 0.05) is 12.3 Å². The number of unbranched alkanes of at least 4 members (excludes halogenated alkanes) is 2. The Morgan fingerprint density at radius 2 is 1.83 bits per heavy atom. The molecule has 1 rings (SSSR count). The summed E-state index contributed by atoms with van der Waals surface area (Å²) < 4.78 is 22.7. The van der Waals surface area contributed by atoms with Gasteiger partial charge in [-0.15, -0.1) is 0 Å². The molecule has 5 heteroatoms. The Hall–Kier alpha value is -0.420. The van der Waals surface area contributed by atoms with E-state index in [9.17, 15) is 8.42 Å². The molecule has 4 nitrogen and oxygen atoms in total. The normalized spacial score (nSPS) is 18.7. The van der Waals surface area contributed by atoms with Gasteiger partial charge >= 0.3 is 0 Å². The summed E-state index contributed by atoms with van der Waals surface area (Å²) >= 11 is 0. The maximum atomic E-state index is 11.3. The number of nitrogens with zero attached hydrogens (tertiary/aromatic N) is 1. The predicted molar refractivity (Wildman–Crippen MR) is 74.7 cm³/mol. The lowest BCUT2D eigenvalue weighted by atomic mass is 9.98. The number of sulfone groups is 1. The number of hydrogen-bond donors (Lipinski definition) is 1. The summed E-state index contributed by atoms with van der Waals surface area (Å²) in [5, 5.41) is 9.04. The summed E-state index contributed by atoms with van der Waals surface area (Å²) in [7, 11) is -3.29. The van der Waals surface area contributed by atoms with Crippen LogP contribution in [0.15, 0.2) is 4.99 Å². The van der Waals surface area contributed by atoms with Gasteiger partial charge in [-0.3, -0.25) is 4.99 Å². The quantitative estimate of drug-likeness (QED) is 0.725. The zero-order valence-corrected chi connectivity index (χ0v) is 12.1. The fraction of sp³-hybridized carbons (Fsp3) is 0.923. The highest BCUT2D eigenvalue weighted by Gasteiger charge is 2.16. The van der Waals surface area contributed by atoms with Crippen molar-refractivity contribution in [2.45, 2.75) is 63.7 Å². The molecule has 1 N–H and O–H groups in total. The Labute approximate surface area is 110 Å². The van der Waals surface area contributed by atoms with Crippen LogP contribution in [0.25, 0.3) is 0 Å². The van der Waals surface area contributed by atoms with E-state index in [-0.39, 0.29) is 5.75 Å². The van der Waals surface area contributed by atoms with Crippen molar-refractivity contribution in [3.63, 3.8) is 0 Å². The van der Waals surface area contributed by atoms with Gasteiger partial charge in [-0.2, -0.15) is 0 Å². The minimum atomic E-state index is -3.29. The molecular formula is C13H25NO3S. The van der Waals surface area contributed by atoms with Crippen molar-refractivity contribution in [2.75, 3.05) is 12.3 Å². The van der Waals surface area contributed by atoms with E-state index >= 15 is 0 Å². The molecule has 0 aromatic heterocycles. The molecule has 1 saturated carbocycles. The molecule has 0 spiro atoms. The molecule has 1 atom stereocenters. The van der Waals surface area contributed by atoms with E-state index in [1.54, 1.807) is 0 Å². The molecule has 0 aliphatic heterocycles. The Kier molecular flexibility index (Phi) is 6.86. The fourth-order valence-electron chi connectivity index (χ4n) is 2.12. The molecule has 0 heterocycles. The number of aliphatic imine (C=N–C) groups is 1. The number of hydrogen-bond acceptors (Lipinski definition) is 4. The molecule has 0 aromatic rings. The first-order chi connectivity index (χ1) is 8.52. The van der Waals surface area contributed by atoms with Gasteiger partial charge in [-0.05, 0) is 45.4 Å². The largest absolute Gasteiger partial charge is 0.377 e.